The Morgan fingerprint density at radius 2 is 1.68 bits per heavy atom. The zero-order valence-corrected chi connectivity index (χ0v) is 17.2. The molecule has 2 aliphatic rings. The maximum absolute atomic E-state index is 12.8. The Morgan fingerprint density at radius 3 is 2.39 bits per heavy atom. The number of carbonyl (C=O) groups is 2. The van der Waals surface area contributed by atoms with Gasteiger partial charge >= 0.3 is 0 Å². The SMILES string of the molecule is Cl.NC(C(=O)N1CCCN(C(=O)CCc2ccccc2)CC1)C1CCOCC1. The Morgan fingerprint density at radius 1 is 1.04 bits per heavy atom. The van der Waals surface area contributed by atoms with Gasteiger partial charge in [-0.1, -0.05) is 30.3 Å². The standard InChI is InChI=1S/C21H31N3O3.ClH/c22-20(18-9-15-27-16-10-18)21(26)24-12-4-11-23(13-14-24)19(25)8-7-17-5-2-1-3-6-17;/h1-3,5-6,18,20H,4,7-16,22H2;1H. The smallest absolute Gasteiger partial charge is 0.239 e. The lowest BCUT2D eigenvalue weighted by Gasteiger charge is -2.31. The second-order valence-corrected chi connectivity index (χ2v) is 7.52. The number of aryl methyl sites for hydroxylation is 1. The van der Waals surface area contributed by atoms with Crippen LogP contribution in [-0.4, -0.2) is 67.0 Å². The van der Waals surface area contributed by atoms with Gasteiger partial charge in [0.05, 0.1) is 6.04 Å². The number of benzene rings is 1. The van der Waals surface area contributed by atoms with Crippen LogP contribution >= 0.6 is 12.4 Å². The van der Waals surface area contributed by atoms with E-state index in [9.17, 15) is 9.59 Å². The lowest BCUT2D eigenvalue weighted by molar-refractivity contribution is -0.135. The Balaban J connectivity index is 0.00000280. The van der Waals surface area contributed by atoms with Gasteiger partial charge in [-0.2, -0.15) is 0 Å². The number of nitrogens with zero attached hydrogens (tertiary/aromatic N) is 2. The van der Waals surface area contributed by atoms with Gasteiger partial charge in [0.2, 0.25) is 11.8 Å². The summed E-state index contributed by atoms with van der Waals surface area (Å²) in [5, 5.41) is 0. The normalized spacial score (nSPS) is 19.5. The van der Waals surface area contributed by atoms with E-state index in [-0.39, 0.29) is 30.1 Å². The average Bonchev–Trinajstić information content (AvgIpc) is 2.98. The fraction of sp³-hybridized carbons (Fsp3) is 0.619. The zero-order chi connectivity index (χ0) is 19.1. The van der Waals surface area contributed by atoms with Gasteiger partial charge in [0, 0.05) is 45.8 Å². The van der Waals surface area contributed by atoms with Crippen LogP contribution in [-0.2, 0) is 20.7 Å². The monoisotopic (exact) mass is 409 g/mol. The van der Waals surface area contributed by atoms with Crippen LogP contribution in [0.25, 0.3) is 0 Å². The molecule has 1 aromatic rings. The molecule has 2 heterocycles. The van der Waals surface area contributed by atoms with Crippen molar-refractivity contribution in [2.45, 2.75) is 38.1 Å². The minimum absolute atomic E-state index is 0. The molecule has 6 nitrogen and oxygen atoms in total. The quantitative estimate of drug-likeness (QED) is 0.805. The van der Waals surface area contributed by atoms with E-state index in [0.29, 0.717) is 45.8 Å². The molecular formula is C21H32ClN3O3. The molecule has 0 spiro atoms. The molecule has 7 heteroatoms. The molecule has 2 N–H and O–H groups in total. The van der Waals surface area contributed by atoms with Gasteiger partial charge in [-0.25, -0.2) is 0 Å². The summed E-state index contributed by atoms with van der Waals surface area (Å²) < 4.78 is 5.37. The highest BCUT2D eigenvalue weighted by atomic mass is 35.5. The first kappa shape index (κ1) is 22.7. The fourth-order valence-corrected chi connectivity index (χ4v) is 3.93. The van der Waals surface area contributed by atoms with Crippen LogP contribution in [0, 0.1) is 5.92 Å². The molecule has 0 aromatic heterocycles. The predicted octanol–water partition coefficient (Wildman–Crippen LogP) is 1.86. The first-order valence-corrected chi connectivity index (χ1v) is 10.1. The van der Waals surface area contributed by atoms with E-state index in [1.165, 1.54) is 5.56 Å². The van der Waals surface area contributed by atoms with Crippen LogP contribution in [0.5, 0.6) is 0 Å². The summed E-state index contributed by atoms with van der Waals surface area (Å²) in [6, 6.07) is 9.63. The number of hydrogen-bond acceptors (Lipinski definition) is 4. The molecule has 2 fully saturated rings. The lowest BCUT2D eigenvalue weighted by atomic mass is 9.91. The first-order chi connectivity index (χ1) is 13.1. The molecule has 156 valence electrons. The molecule has 0 saturated carbocycles. The third kappa shape index (κ3) is 6.19. The molecule has 3 rings (SSSR count). The number of rotatable bonds is 5. The summed E-state index contributed by atoms with van der Waals surface area (Å²) in [5.41, 5.74) is 7.43. The number of nitrogens with two attached hydrogens (primary N) is 1. The van der Waals surface area contributed by atoms with E-state index in [1.807, 2.05) is 40.1 Å². The molecule has 1 unspecified atom stereocenters. The molecule has 1 atom stereocenters. The summed E-state index contributed by atoms with van der Waals surface area (Å²) in [5.74, 6) is 0.403. The summed E-state index contributed by atoms with van der Waals surface area (Å²) >= 11 is 0. The zero-order valence-electron chi connectivity index (χ0n) is 16.4. The minimum Gasteiger partial charge on any atom is -0.381 e. The maximum Gasteiger partial charge on any atom is 0.239 e. The van der Waals surface area contributed by atoms with Crippen molar-refractivity contribution in [2.24, 2.45) is 11.7 Å². The number of halogens is 1. The molecule has 2 saturated heterocycles. The Labute approximate surface area is 173 Å². The molecule has 1 aromatic carbocycles. The Hall–Kier alpha value is -1.63. The van der Waals surface area contributed by atoms with Crippen molar-refractivity contribution in [1.29, 1.82) is 0 Å². The molecule has 2 aliphatic heterocycles. The second kappa shape index (κ2) is 11.4. The average molecular weight is 410 g/mol. The van der Waals surface area contributed by atoms with Crippen molar-refractivity contribution < 1.29 is 14.3 Å². The van der Waals surface area contributed by atoms with Gasteiger partial charge in [0.15, 0.2) is 0 Å². The van der Waals surface area contributed by atoms with E-state index >= 15 is 0 Å². The predicted molar refractivity (Wildman–Crippen MR) is 111 cm³/mol. The summed E-state index contributed by atoms with van der Waals surface area (Å²) in [7, 11) is 0. The highest BCUT2D eigenvalue weighted by Crippen LogP contribution is 2.19. The van der Waals surface area contributed by atoms with E-state index in [4.69, 9.17) is 10.5 Å². The largest absolute Gasteiger partial charge is 0.381 e. The molecule has 2 amide bonds. The van der Waals surface area contributed by atoms with Gasteiger partial charge < -0.3 is 20.3 Å². The van der Waals surface area contributed by atoms with Crippen LogP contribution in [0.3, 0.4) is 0 Å². The van der Waals surface area contributed by atoms with E-state index in [2.05, 4.69) is 0 Å². The second-order valence-electron chi connectivity index (χ2n) is 7.52. The molecule has 0 bridgehead atoms. The number of hydrogen-bond donors (Lipinski definition) is 1. The summed E-state index contributed by atoms with van der Waals surface area (Å²) in [4.78, 5) is 29.1. The van der Waals surface area contributed by atoms with Gasteiger partial charge in [0.25, 0.3) is 0 Å². The van der Waals surface area contributed by atoms with Crippen molar-refractivity contribution in [3.8, 4) is 0 Å². The highest BCUT2D eigenvalue weighted by Gasteiger charge is 2.31. The Kier molecular flexibility index (Phi) is 9.22. The fourth-order valence-electron chi connectivity index (χ4n) is 3.93. The van der Waals surface area contributed by atoms with Gasteiger partial charge in [-0.15, -0.1) is 12.4 Å². The maximum atomic E-state index is 12.8. The molecule has 0 radical (unpaired) electrons. The Bertz CT molecular complexity index is 623. The van der Waals surface area contributed by atoms with E-state index in [0.717, 1.165) is 25.7 Å². The van der Waals surface area contributed by atoms with Crippen LogP contribution in [0.4, 0.5) is 0 Å². The lowest BCUT2D eigenvalue weighted by Crippen LogP contribution is -2.50. The van der Waals surface area contributed by atoms with Crippen molar-refractivity contribution >= 4 is 24.2 Å². The molecular weight excluding hydrogens is 378 g/mol. The number of ether oxygens (including phenoxy) is 1. The molecule has 0 aliphatic carbocycles. The number of carbonyl (C=O) groups excluding carboxylic acids is 2. The van der Waals surface area contributed by atoms with Crippen LogP contribution < -0.4 is 5.73 Å². The minimum atomic E-state index is -0.450. The topological polar surface area (TPSA) is 75.9 Å². The van der Waals surface area contributed by atoms with Gasteiger partial charge in [-0.3, -0.25) is 9.59 Å². The number of amides is 2. The third-order valence-electron chi connectivity index (χ3n) is 5.69. The first-order valence-electron chi connectivity index (χ1n) is 10.1. The van der Waals surface area contributed by atoms with E-state index < -0.39 is 6.04 Å². The van der Waals surface area contributed by atoms with Crippen LogP contribution in [0.1, 0.15) is 31.2 Å². The summed E-state index contributed by atoms with van der Waals surface area (Å²) in [6.45, 7) is 3.94. The van der Waals surface area contributed by atoms with Crippen LogP contribution in [0.15, 0.2) is 30.3 Å². The highest BCUT2D eigenvalue weighted by molar-refractivity contribution is 5.85. The van der Waals surface area contributed by atoms with Crippen LogP contribution in [0.2, 0.25) is 0 Å². The third-order valence-corrected chi connectivity index (χ3v) is 5.69. The van der Waals surface area contributed by atoms with Gasteiger partial charge in [0.1, 0.15) is 0 Å². The van der Waals surface area contributed by atoms with Gasteiger partial charge in [-0.05, 0) is 37.2 Å². The van der Waals surface area contributed by atoms with Crippen molar-refractivity contribution in [2.75, 3.05) is 39.4 Å². The van der Waals surface area contributed by atoms with Crippen molar-refractivity contribution in [3.05, 3.63) is 35.9 Å². The summed E-state index contributed by atoms with van der Waals surface area (Å²) in [6.07, 6.45) is 3.78. The van der Waals surface area contributed by atoms with Crippen molar-refractivity contribution in [3.63, 3.8) is 0 Å². The van der Waals surface area contributed by atoms with Crippen molar-refractivity contribution in [1.82, 2.24) is 9.80 Å². The van der Waals surface area contributed by atoms with E-state index in [1.54, 1.807) is 0 Å². The molecule has 28 heavy (non-hydrogen) atoms.